The highest BCUT2D eigenvalue weighted by molar-refractivity contribution is 7.86. The standard InChI is InChI=1S/C13H24N6O4S/c1-17-15-13(14-16-17)12-9-19(7-8-23-12)24(20,21)18-5-3-11(4-6-18)10-22-2/h11-12H,3-10H2,1-2H3. The molecule has 3 heterocycles. The van der Waals surface area contributed by atoms with Crippen LogP contribution in [-0.2, 0) is 26.7 Å². The lowest BCUT2D eigenvalue weighted by atomic mass is 9.99. The van der Waals surface area contributed by atoms with E-state index in [1.807, 2.05) is 0 Å². The van der Waals surface area contributed by atoms with E-state index < -0.39 is 16.3 Å². The molecular weight excluding hydrogens is 336 g/mol. The summed E-state index contributed by atoms with van der Waals surface area (Å²) in [6.07, 6.45) is 1.17. The van der Waals surface area contributed by atoms with Crippen molar-refractivity contribution in [3.63, 3.8) is 0 Å². The molecule has 0 radical (unpaired) electrons. The topological polar surface area (TPSA) is 103 Å². The fourth-order valence-corrected chi connectivity index (χ4v) is 4.75. The molecule has 0 aliphatic carbocycles. The number of morpholine rings is 1. The number of rotatable bonds is 5. The van der Waals surface area contributed by atoms with Crippen molar-refractivity contribution in [3.8, 4) is 0 Å². The lowest BCUT2D eigenvalue weighted by molar-refractivity contribution is -0.00981. The Hall–Kier alpha value is -1.14. The third kappa shape index (κ3) is 3.75. The molecule has 0 N–H and O–H groups in total. The van der Waals surface area contributed by atoms with Gasteiger partial charge in [-0.2, -0.15) is 21.8 Å². The molecule has 0 bridgehead atoms. The quantitative estimate of drug-likeness (QED) is 0.676. The van der Waals surface area contributed by atoms with E-state index in [0.717, 1.165) is 12.8 Å². The molecule has 136 valence electrons. The van der Waals surface area contributed by atoms with Gasteiger partial charge in [0.05, 0.1) is 13.7 Å². The van der Waals surface area contributed by atoms with Crippen molar-refractivity contribution in [2.75, 3.05) is 46.5 Å². The minimum atomic E-state index is -3.49. The van der Waals surface area contributed by atoms with Gasteiger partial charge in [-0.3, -0.25) is 0 Å². The summed E-state index contributed by atoms with van der Waals surface area (Å²) in [7, 11) is -0.152. The number of methoxy groups -OCH3 is 1. The molecular formula is C13H24N6O4S. The van der Waals surface area contributed by atoms with Gasteiger partial charge in [-0.05, 0) is 24.0 Å². The SMILES string of the molecule is COCC1CCN(S(=O)(=O)N2CCOC(c3nnn(C)n3)C2)CC1. The summed E-state index contributed by atoms with van der Waals surface area (Å²) < 4.78 is 39.6. The summed E-state index contributed by atoms with van der Waals surface area (Å²) in [4.78, 5) is 1.34. The van der Waals surface area contributed by atoms with Crippen molar-refractivity contribution in [1.29, 1.82) is 0 Å². The highest BCUT2D eigenvalue weighted by Gasteiger charge is 2.37. The number of nitrogens with zero attached hydrogens (tertiary/aromatic N) is 6. The van der Waals surface area contributed by atoms with E-state index in [-0.39, 0.29) is 6.54 Å². The zero-order valence-corrected chi connectivity index (χ0v) is 14.9. The van der Waals surface area contributed by atoms with Gasteiger partial charge in [-0.25, -0.2) is 0 Å². The van der Waals surface area contributed by atoms with Crippen LogP contribution >= 0.6 is 0 Å². The Bertz CT molecular complexity index is 643. The van der Waals surface area contributed by atoms with Crippen molar-refractivity contribution in [2.24, 2.45) is 13.0 Å². The summed E-state index contributed by atoms with van der Waals surface area (Å²) in [6.45, 7) is 2.63. The second-order valence-corrected chi connectivity index (χ2v) is 8.09. The van der Waals surface area contributed by atoms with Crippen LogP contribution in [0, 0.1) is 5.92 Å². The van der Waals surface area contributed by atoms with Gasteiger partial charge in [0, 0.05) is 39.9 Å². The first kappa shape index (κ1) is 17.7. The van der Waals surface area contributed by atoms with Gasteiger partial charge in [0.1, 0.15) is 6.10 Å². The van der Waals surface area contributed by atoms with Gasteiger partial charge in [-0.1, -0.05) is 0 Å². The molecule has 1 aromatic rings. The van der Waals surface area contributed by atoms with E-state index >= 15 is 0 Å². The lowest BCUT2D eigenvalue weighted by Gasteiger charge is -2.37. The summed E-state index contributed by atoms with van der Waals surface area (Å²) in [5.41, 5.74) is 0. The minimum Gasteiger partial charge on any atom is -0.384 e. The number of tetrazole rings is 1. The van der Waals surface area contributed by atoms with Crippen molar-refractivity contribution >= 4 is 10.2 Å². The minimum absolute atomic E-state index is 0.214. The highest BCUT2D eigenvalue weighted by Crippen LogP contribution is 2.25. The Labute approximate surface area is 141 Å². The van der Waals surface area contributed by atoms with Crippen LogP contribution < -0.4 is 0 Å². The molecule has 24 heavy (non-hydrogen) atoms. The molecule has 2 aliphatic rings. The molecule has 3 rings (SSSR count). The Morgan fingerprint density at radius 1 is 1.25 bits per heavy atom. The normalized spacial score (nSPS) is 25.2. The largest absolute Gasteiger partial charge is 0.384 e. The molecule has 2 saturated heterocycles. The molecule has 0 amide bonds. The average molecular weight is 360 g/mol. The van der Waals surface area contributed by atoms with Gasteiger partial charge in [0.2, 0.25) is 5.82 Å². The molecule has 1 unspecified atom stereocenters. The van der Waals surface area contributed by atoms with Crippen molar-refractivity contribution in [3.05, 3.63) is 5.82 Å². The average Bonchev–Trinajstić information content (AvgIpc) is 3.02. The van der Waals surface area contributed by atoms with Crippen molar-refractivity contribution in [1.82, 2.24) is 28.8 Å². The molecule has 1 aromatic heterocycles. The van der Waals surface area contributed by atoms with Crippen LogP contribution in [0.2, 0.25) is 0 Å². The van der Waals surface area contributed by atoms with Crippen LogP contribution in [0.1, 0.15) is 24.8 Å². The third-order valence-corrected chi connectivity index (χ3v) is 6.47. The Morgan fingerprint density at radius 3 is 2.62 bits per heavy atom. The maximum atomic E-state index is 12.9. The number of hydrogen-bond acceptors (Lipinski definition) is 7. The number of piperidine rings is 1. The zero-order valence-electron chi connectivity index (χ0n) is 14.0. The van der Waals surface area contributed by atoms with Crippen LogP contribution in [0.3, 0.4) is 0 Å². The van der Waals surface area contributed by atoms with Gasteiger partial charge in [0.15, 0.2) is 0 Å². The first-order chi connectivity index (χ1) is 11.5. The highest BCUT2D eigenvalue weighted by atomic mass is 32.2. The zero-order chi connectivity index (χ0) is 17.2. The number of aryl methyl sites for hydroxylation is 1. The number of ether oxygens (including phenoxy) is 2. The van der Waals surface area contributed by atoms with Crippen LogP contribution in [-0.4, -0.2) is 83.7 Å². The predicted octanol–water partition coefficient (Wildman–Crippen LogP) is -0.813. The monoisotopic (exact) mass is 360 g/mol. The van der Waals surface area contributed by atoms with Gasteiger partial charge >= 0.3 is 0 Å². The first-order valence-electron chi connectivity index (χ1n) is 8.10. The summed E-state index contributed by atoms with van der Waals surface area (Å²) >= 11 is 0. The Kier molecular flexibility index (Phi) is 5.45. The van der Waals surface area contributed by atoms with Crippen LogP contribution in [0.25, 0.3) is 0 Å². The van der Waals surface area contributed by atoms with Crippen LogP contribution in [0.5, 0.6) is 0 Å². The molecule has 0 spiro atoms. The van der Waals surface area contributed by atoms with Crippen LogP contribution in [0.4, 0.5) is 0 Å². The fraction of sp³-hybridized carbons (Fsp3) is 0.923. The molecule has 0 aromatic carbocycles. The molecule has 11 heteroatoms. The molecule has 0 saturated carbocycles. The van der Waals surface area contributed by atoms with Crippen molar-refractivity contribution in [2.45, 2.75) is 18.9 Å². The fourth-order valence-electron chi connectivity index (χ4n) is 3.12. The van der Waals surface area contributed by atoms with E-state index in [4.69, 9.17) is 9.47 Å². The first-order valence-corrected chi connectivity index (χ1v) is 9.50. The Balaban J connectivity index is 1.64. The molecule has 10 nitrogen and oxygen atoms in total. The van der Waals surface area contributed by atoms with Gasteiger partial charge in [-0.15, -0.1) is 10.2 Å². The lowest BCUT2D eigenvalue weighted by Crippen LogP contribution is -2.51. The summed E-state index contributed by atoms with van der Waals surface area (Å²) in [5, 5.41) is 11.8. The van der Waals surface area contributed by atoms with E-state index in [1.165, 1.54) is 9.10 Å². The molecule has 2 aliphatic heterocycles. The summed E-state index contributed by atoms with van der Waals surface area (Å²) in [5.74, 6) is 0.846. The van der Waals surface area contributed by atoms with Crippen LogP contribution in [0.15, 0.2) is 0 Å². The third-order valence-electron chi connectivity index (χ3n) is 4.47. The van der Waals surface area contributed by atoms with E-state index in [2.05, 4.69) is 15.4 Å². The van der Waals surface area contributed by atoms with Gasteiger partial charge < -0.3 is 9.47 Å². The maximum absolute atomic E-state index is 12.9. The maximum Gasteiger partial charge on any atom is 0.282 e. The summed E-state index contributed by atoms with van der Waals surface area (Å²) in [6, 6.07) is 0. The number of hydrogen-bond donors (Lipinski definition) is 0. The second kappa shape index (κ2) is 7.40. The van der Waals surface area contributed by atoms with E-state index in [9.17, 15) is 8.42 Å². The van der Waals surface area contributed by atoms with Crippen molar-refractivity contribution < 1.29 is 17.9 Å². The predicted molar refractivity (Wildman–Crippen MR) is 84.2 cm³/mol. The smallest absolute Gasteiger partial charge is 0.282 e. The van der Waals surface area contributed by atoms with E-state index in [1.54, 1.807) is 18.5 Å². The molecule has 1 atom stereocenters. The number of aromatic nitrogens is 4. The molecule has 2 fully saturated rings. The van der Waals surface area contributed by atoms with Gasteiger partial charge in [0.25, 0.3) is 10.2 Å². The Morgan fingerprint density at radius 2 is 2.00 bits per heavy atom. The van der Waals surface area contributed by atoms with E-state index in [0.29, 0.717) is 44.6 Å². The second-order valence-electron chi connectivity index (χ2n) is 6.16.